The van der Waals surface area contributed by atoms with Gasteiger partial charge in [0, 0.05) is 12.3 Å². The van der Waals surface area contributed by atoms with Crippen molar-refractivity contribution in [3.63, 3.8) is 0 Å². The highest BCUT2D eigenvalue weighted by Gasteiger charge is 2.18. The fraction of sp³-hybridized carbons (Fsp3) is 0.167. The largest absolute Gasteiger partial charge is 0.503 e. The molecule has 0 fully saturated rings. The van der Waals surface area contributed by atoms with Gasteiger partial charge in [0.05, 0.1) is 11.9 Å². The molecule has 0 aliphatic rings. The van der Waals surface area contributed by atoms with E-state index in [1.54, 1.807) is 0 Å². The summed E-state index contributed by atoms with van der Waals surface area (Å²) in [6.07, 6.45) is 0.544. The molecule has 1 rings (SSSR count). The first-order valence-corrected chi connectivity index (χ1v) is 5.14. The highest BCUT2D eigenvalue weighted by atomic mass is 31.2. The van der Waals surface area contributed by atoms with E-state index in [0.29, 0.717) is 0 Å². The average Bonchev–Trinajstić information content (AvgIpc) is 1.96. The lowest BCUT2D eigenvalue weighted by Gasteiger charge is -2.04. The Morgan fingerprint density at radius 3 is 2.62 bits per heavy atom. The summed E-state index contributed by atoms with van der Waals surface area (Å²) in [7, 11) is -4.26. The highest BCUT2D eigenvalue weighted by Crippen LogP contribution is 2.39. The van der Waals surface area contributed by atoms with Crippen molar-refractivity contribution in [1.29, 1.82) is 0 Å². The second kappa shape index (κ2) is 3.33. The van der Waals surface area contributed by atoms with Crippen LogP contribution < -0.4 is 5.43 Å². The molecule has 0 spiro atoms. The van der Waals surface area contributed by atoms with Gasteiger partial charge in [-0.15, -0.1) is 0 Å². The van der Waals surface area contributed by atoms with Gasteiger partial charge in [-0.1, -0.05) is 0 Å². The van der Waals surface area contributed by atoms with E-state index in [0.717, 1.165) is 6.07 Å². The van der Waals surface area contributed by atoms with Crippen LogP contribution in [0.3, 0.4) is 0 Å². The van der Waals surface area contributed by atoms with Crippen LogP contribution >= 0.6 is 7.60 Å². The Hall–Kier alpha value is -1.10. The molecule has 1 heterocycles. The molecular weight excluding hydrogens is 197 g/mol. The molecule has 0 atom stereocenters. The zero-order valence-corrected chi connectivity index (χ0v) is 7.36. The smallest absolute Gasteiger partial charge is 0.331 e. The van der Waals surface area contributed by atoms with Gasteiger partial charge >= 0.3 is 7.60 Å². The Morgan fingerprint density at radius 2 is 2.08 bits per heavy atom. The summed E-state index contributed by atoms with van der Waals surface area (Å²) in [5.41, 5.74) is -0.817. The van der Waals surface area contributed by atoms with Crippen LogP contribution in [0.25, 0.3) is 0 Å². The van der Waals surface area contributed by atoms with Crippen molar-refractivity contribution in [2.24, 2.45) is 0 Å². The molecule has 0 radical (unpaired) electrons. The maximum atomic E-state index is 10.8. The number of pyridine rings is 1. The van der Waals surface area contributed by atoms with Crippen LogP contribution in [0.5, 0.6) is 5.75 Å². The van der Waals surface area contributed by atoms with Crippen LogP contribution in [0, 0.1) is 0 Å². The second-order valence-corrected chi connectivity index (χ2v) is 4.14. The van der Waals surface area contributed by atoms with E-state index in [-0.39, 0.29) is 5.69 Å². The number of aromatic nitrogens is 1. The molecule has 6 nitrogen and oxygen atoms in total. The van der Waals surface area contributed by atoms with Crippen molar-refractivity contribution in [3.8, 4) is 5.75 Å². The van der Waals surface area contributed by atoms with E-state index >= 15 is 0 Å². The van der Waals surface area contributed by atoms with Crippen LogP contribution in [-0.4, -0.2) is 19.9 Å². The molecular formula is C6H8NO5P. The predicted octanol–water partition coefficient (Wildman–Crippen LogP) is -0.242. The molecule has 0 bridgehead atoms. The average molecular weight is 205 g/mol. The zero-order chi connectivity index (χ0) is 10.1. The van der Waals surface area contributed by atoms with Crippen molar-refractivity contribution in [1.82, 2.24) is 4.98 Å². The predicted molar refractivity (Wildman–Crippen MR) is 44.5 cm³/mol. The summed E-state index contributed by atoms with van der Waals surface area (Å²) >= 11 is 0. The SMILES string of the molecule is O=c1cc[nH]c(CP(=O)(O)O)c1O. The molecule has 0 amide bonds. The fourth-order valence-corrected chi connectivity index (χ4v) is 1.49. The first kappa shape index (κ1) is 9.98. The van der Waals surface area contributed by atoms with Gasteiger partial charge < -0.3 is 19.9 Å². The van der Waals surface area contributed by atoms with Crippen LogP contribution in [0.2, 0.25) is 0 Å². The van der Waals surface area contributed by atoms with Crippen LogP contribution in [0.15, 0.2) is 17.1 Å². The van der Waals surface area contributed by atoms with Crippen LogP contribution in [-0.2, 0) is 10.7 Å². The summed E-state index contributed by atoms with van der Waals surface area (Å²) in [4.78, 5) is 30.3. The van der Waals surface area contributed by atoms with Crippen molar-refractivity contribution in [2.75, 3.05) is 0 Å². The molecule has 0 aliphatic heterocycles. The monoisotopic (exact) mass is 205 g/mol. The van der Waals surface area contributed by atoms with Gasteiger partial charge in [0.2, 0.25) is 5.43 Å². The Labute approximate surface area is 73.0 Å². The lowest BCUT2D eigenvalue weighted by molar-refractivity contribution is 0.369. The summed E-state index contributed by atoms with van der Waals surface area (Å²) in [5.74, 6) is -0.647. The summed E-state index contributed by atoms with van der Waals surface area (Å²) in [6, 6.07) is 1.07. The van der Waals surface area contributed by atoms with Gasteiger partial charge in [-0.05, 0) is 0 Å². The first-order chi connectivity index (χ1) is 5.90. The first-order valence-electron chi connectivity index (χ1n) is 3.34. The fourth-order valence-electron chi connectivity index (χ4n) is 0.840. The number of aromatic amines is 1. The zero-order valence-electron chi connectivity index (χ0n) is 6.47. The van der Waals surface area contributed by atoms with Gasteiger partial charge in [0.1, 0.15) is 0 Å². The lowest BCUT2D eigenvalue weighted by Crippen LogP contribution is -2.03. The van der Waals surface area contributed by atoms with Crippen LogP contribution in [0.4, 0.5) is 0 Å². The number of hydrogen-bond acceptors (Lipinski definition) is 3. The van der Waals surface area contributed by atoms with E-state index in [1.807, 2.05) is 0 Å². The van der Waals surface area contributed by atoms with Gasteiger partial charge in [0.25, 0.3) is 0 Å². The molecule has 13 heavy (non-hydrogen) atoms. The topological polar surface area (TPSA) is 111 Å². The molecule has 4 N–H and O–H groups in total. The van der Waals surface area contributed by atoms with E-state index < -0.39 is 24.9 Å². The molecule has 0 aromatic carbocycles. The molecule has 0 unspecified atom stereocenters. The van der Waals surface area contributed by atoms with Crippen LogP contribution in [0.1, 0.15) is 5.69 Å². The minimum Gasteiger partial charge on any atom is -0.503 e. The molecule has 0 saturated carbocycles. The second-order valence-electron chi connectivity index (χ2n) is 2.49. The number of H-pyrrole nitrogens is 1. The van der Waals surface area contributed by atoms with Crippen molar-refractivity contribution in [3.05, 3.63) is 28.2 Å². The van der Waals surface area contributed by atoms with Crippen molar-refractivity contribution < 1.29 is 19.5 Å². The molecule has 72 valence electrons. The third-order valence-electron chi connectivity index (χ3n) is 1.38. The number of rotatable bonds is 2. The Kier molecular flexibility index (Phi) is 2.56. The molecule has 1 aromatic rings. The standard InChI is InChI=1S/C6H8NO5P/c8-5-1-2-7-4(6(5)9)3-13(10,11)12/h1-2,9H,3H2,(H,7,8)(H2,10,11,12). The minimum absolute atomic E-state index is 0.152. The Balaban J connectivity index is 3.10. The van der Waals surface area contributed by atoms with E-state index in [1.165, 1.54) is 6.20 Å². The van der Waals surface area contributed by atoms with Crippen molar-refractivity contribution >= 4 is 7.60 Å². The van der Waals surface area contributed by atoms with Gasteiger partial charge in [-0.25, -0.2) is 0 Å². The summed E-state index contributed by atoms with van der Waals surface area (Å²) in [6.45, 7) is 0. The summed E-state index contributed by atoms with van der Waals surface area (Å²) < 4.78 is 10.5. The van der Waals surface area contributed by atoms with E-state index in [4.69, 9.17) is 14.9 Å². The van der Waals surface area contributed by atoms with Gasteiger partial charge in [-0.2, -0.15) is 0 Å². The van der Waals surface area contributed by atoms with Crippen molar-refractivity contribution in [2.45, 2.75) is 6.16 Å². The minimum atomic E-state index is -4.26. The lowest BCUT2D eigenvalue weighted by atomic mass is 10.3. The normalized spacial score (nSPS) is 11.5. The third-order valence-corrected chi connectivity index (χ3v) is 2.10. The van der Waals surface area contributed by atoms with Gasteiger partial charge in [-0.3, -0.25) is 9.36 Å². The number of hydrogen-bond donors (Lipinski definition) is 4. The molecule has 1 aromatic heterocycles. The summed E-state index contributed by atoms with van der Waals surface area (Å²) in [5, 5.41) is 9.07. The maximum absolute atomic E-state index is 10.8. The van der Waals surface area contributed by atoms with E-state index in [2.05, 4.69) is 4.98 Å². The quantitative estimate of drug-likeness (QED) is 0.498. The van der Waals surface area contributed by atoms with Gasteiger partial charge in [0.15, 0.2) is 5.75 Å². The number of aromatic hydroxyl groups is 1. The van der Waals surface area contributed by atoms with E-state index in [9.17, 15) is 9.36 Å². The Morgan fingerprint density at radius 1 is 1.46 bits per heavy atom. The molecule has 7 heteroatoms. The highest BCUT2D eigenvalue weighted by molar-refractivity contribution is 7.50. The maximum Gasteiger partial charge on any atom is 0.331 e. The Bertz CT molecular complexity index is 406. The number of nitrogens with one attached hydrogen (secondary N) is 1. The molecule has 0 saturated heterocycles. The molecule has 0 aliphatic carbocycles. The third kappa shape index (κ3) is 2.69.